The highest BCUT2D eigenvalue weighted by Gasteiger charge is 2.04. The Kier molecular flexibility index (Phi) is 8.13. The fraction of sp³-hybridized carbons (Fsp3) is 0.643. The second-order valence-electron chi connectivity index (χ2n) is 4.17. The van der Waals surface area contributed by atoms with E-state index >= 15 is 0 Å². The van der Waals surface area contributed by atoms with E-state index in [9.17, 15) is 0 Å². The summed E-state index contributed by atoms with van der Waals surface area (Å²) in [4.78, 5) is 4.29. The fourth-order valence-electron chi connectivity index (χ4n) is 1.54. The van der Waals surface area contributed by atoms with Gasteiger partial charge in [0.25, 0.3) is 0 Å². The zero-order chi connectivity index (χ0) is 13.9. The highest BCUT2D eigenvalue weighted by atomic mass is 16.5. The van der Waals surface area contributed by atoms with Crippen molar-refractivity contribution >= 4 is 0 Å². The summed E-state index contributed by atoms with van der Waals surface area (Å²) in [7, 11) is 1.66. The molecule has 0 bridgehead atoms. The number of aryl methyl sites for hydroxylation is 1. The van der Waals surface area contributed by atoms with Crippen molar-refractivity contribution in [1.82, 2.24) is 10.3 Å². The van der Waals surface area contributed by atoms with Crippen molar-refractivity contribution in [2.75, 3.05) is 40.1 Å². The van der Waals surface area contributed by atoms with Gasteiger partial charge in [0.2, 0.25) is 0 Å². The lowest BCUT2D eigenvalue weighted by Crippen LogP contribution is -2.15. The molecule has 1 N–H and O–H groups in total. The SMILES string of the molecule is CCNCc1cnc(C)cc1OCCOCCOC. The predicted molar refractivity (Wildman–Crippen MR) is 74.5 cm³/mol. The van der Waals surface area contributed by atoms with E-state index in [-0.39, 0.29) is 0 Å². The molecule has 19 heavy (non-hydrogen) atoms. The average molecular weight is 268 g/mol. The maximum atomic E-state index is 5.75. The third-order valence-corrected chi connectivity index (χ3v) is 2.56. The van der Waals surface area contributed by atoms with Gasteiger partial charge >= 0.3 is 0 Å². The van der Waals surface area contributed by atoms with E-state index < -0.39 is 0 Å². The molecular formula is C14H24N2O3. The molecule has 0 saturated heterocycles. The lowest BCUT2D eigenvalue weighted by atomic mass is 10.2. The molecule has 1 heterocycles. The largest absolute Gasteiger partial charge is 0.491 e. The lowest BCUT2D eigenvalue weighted by molar-refractivity contribution is 0.0542. The second-order valence-corrected chi connectivity index (χ2v) is 4.17. The van der Waals surface area contributed by atoms with E-state index in [4.69, 9.17) is 14.2 Å². The first-order chi connectivity index (χ1) is 9.27. The van der Waals surface area contributed by atoms with Crippen molar-refractivity contribution in [3.63, 3.8) is 0 Å². The van der Waals surface area contributed by atoms with Gasteiger partial charge in [-0.3, -0.25) is 4.98 Å². The first-order valence-electron chi connectivity index (χ1n) is 6.63. The van der Waals surface area contributed by atoms with Gasteiger partial charge in [0.15, 0.2) is 0 Å². The van der Waals surface area contributed by atoms with Gasteiger partial charge in [-0.2, -0.15) is 0 Å². The molecule has 0 aliphatic heterocycles. The zero-order valence-electron chi connectivity index (χ0n) is 12.1. The second kappa shape index (κ2) is 9.72. The molecule has 0 aromatic carbocycles. The topological polar surface area (TPSA) is 52.6 Å². The van der Waals surface area contributed by atoms with Crippen LogP contribution in [0.4, 0.5) is 0 Å². The molecular weight excluding hydrogens is 244 g/mol. The molecule has 1 aromatic heterocycles. The Hall–Kier alpha value is -1.17. The molecule has 1 aromatic rings. The van der Waals surface area contributed by atoms with E-state index in [2.05, 4.69) is 17.2 Å². The molecule has 5 heteroatoms. The summed E-state index contributed by atoms with van der Waals surface area (Å²) in [6.07, 6.45) is 1.86. The molecule has 0 spiro atoms. The summed E-state index contributed by atoms with van der Waals surface area (Å²) in [5, 5.41) is 3.27. The van der Waals surface area contributed by atoms with Crippen LogP contribution in [0.5, 0.6) is 5.75 Å². The quantitative estimate of drug-likeness (QED) is 0.652. The van der Waals surface area contributed by atoms with E-state index in [0.29, 0.717) is 26.4 Å². The summed E-state index contributed by atoms with van der Waals surface area (Å²) in [5.74, 6) is 0.879. The van der Waals surface area contributed by atoms with Gasteiger partial charge in [-0.15, -0.1) is 0 Å². The molecule has 5 nitrogen and oxygen atoms in total. The Bertz CT molecular complexity index is 359. The highest BCUT2D eigenvalue weighted by Crippen LogP contribution is 2.18. The van der Waals surface area contributed by atoms with E-state index in [0.717, 1.165) is 30.1 Å². The number of methoxy groups -OCH3 is 1. The molecule has 0 aliphatic rings. The molecule has 0 radical (unpaired) electrons. The summed E-state index contributed by atoms with van der Waals surface area (Å²) in [6, 6.07) is 1.96. The maximum absolute atomic E-state index is 5.75. The van der Waals surface area contributed by atoms with E-state index in [1.54, 1.807) is 7.11 Å². The molecule has 0 saturated carbocycles. The van der Waals surface area contributed by atoms with Crippen molar-refractivity contribution in [1.29, 1.82) is 0 Å². The summed E-state index contributed by atoms with van der Waals surface area (Å²) in [5.41, 5.74) is 2.03. The molecule has 0 atom stereocenters. The number of nitrogens with zero attached hydrogens (tertiary/aromatic N) is 1. The number of hydrogen-bond acceptors (Lipinski definition) is 5. The highest BCUT2D eigenvalue weighted by molar-refractivity contribution is 5.32. The van der Waals surface area contributed by atoms with Gasteiger partial charge in [-0.25, -0.2) is 0 Å². The van der Waals surface area contributed by atoms with Crippen LogP contribution in [0.1, 0.15) is 18.2 Å². The molecule has 108 valence electrons. The Balaban J connectivity index is 2.39. The van der Waals surface area contributed by atoms with Gasteiger partial charge in [-0.1, -0.05) is 6.92 Å². The molecule has 0 unspecified atom stereocenters. The fourth-order valence-corrected chi connectivity index (χ4v) is 1.54. The van der Waals surface area contributed by atoms with Crippen molar-refractivity contribution in [3.05, 3.63) is 23.5 Å². The number of hydrogen-bond donors (Lipinski definition) is 1. The van der Waals surface area contributed by atoms with E-state index in [1.807, 2.05) is 19.2 Å². The van der Waals surface area contributed by atoms with Crippen LogP contribution in [0.3, 0.4) is 0 Å². The third kappa shape index (κ3) is 6.52. The minimum absolute atomic E-state index is 0.534. The zero-order valence-corrected chi connectivity index (χ0v) is 12.1. The van der Waals surface area contributed by atoms with Gasteiger partial charge in [0, 0.05) is 37.2 Å². The van der Waals surface area contributed by atoms with Gasteiger partial charge in [0.05, 0.1) is 19.8 Å². The van der Waals surface area contributed by atoms with Crippen LogP contribution in [-0.2, 0) is 16.0 Å². The summed E-state index contributed by atoms with van der Waals surface area (Å²) < 4.78 is 16.0. The third-order valence-electron chi connectivity index (χ3n) is 2.56. The first kappa shape index (κ1) is 15.9. The Morgan fingerprint density at radius 3 is 2.74 bits per heavy atom. The Morgan fingerprint density at radius 1 is 1.21 bits per heavy atom. The van der Waals surface area contributed by atoms with Gasteiger partial charge in [-0.05, 0) is 13.5 Å². The molecule has 0 aliphatic carbocycles. The monoisotopic (exact) mass is 268 g/mol. The van der Waals surface area contributed by atoms with Crippen LogP contribution in [0.2, 0.25) is 0 Å². The minimum Gasteiger partial charge on any atom is -0.491 e. The van der Waals surface area contributed by atoms with Crippen molar-refractivity contribution in [2.24, 2.45) is 0 Å². The van der Waals surface area contributed by atoms with Crippen molar-refractivity contribution in [2.45, 2.75) is 20.4 Å². The summed E-state index contributed by atoms with van der Waals surface area (Å²) >= 11 is 0. The van der Waals surface area contributed by atoms with Gasteiger partial charge < -0.3 is 19.5 Å². The number of aromatic nitrogens is 1. The predicted octanol–water partition coefficient (Wildman–Crippen LogP) is 1.54. The smallest absolute Gasteiger partial charge is 0.127 e. The van der Waals surface area contributed by atoms with Crippen LogP contribution < -0.4 is 10.1 Å². The van der Waals surface area contributed by atoms with Crippen LogP contribution in [0, 0.1) is 6.92 Å². The summed E-state index contributed by atoms with van der Waals surface area (Å²) in [6.45, 7) is 8.03. The normalized spacial score (nSPS) is 10.7. The number of pyridine rings is 1. The van der Waals surface area contributed by atoms with Crippen LogP contribution >= 0.6 is 0 Å². The van der Waals surface area contributed by atoms with E-state index in [1.165, 1.54) is 0 Å². The standard InChI is InChI=1S/C14H24N2O3/c1-4-15-10-13-11-16-12(2)9-14(13)19-8-7-18-6-5-17-3/h9,11,15H,4-8,10H2,1-3H3. The maximum Gasteiger partial charge on any atom is 0.127 e. The Morgan fingerprint density at radius 2 is 2.00 bits per heavy atom. The van der Waals surface area contributed by atoms with Gasteiger partial charge in [0.1, 0.15) is 12.4 Å². The molecule has 0 amide bonds. The van der Waals surface area contributed by atoms with Crippen LogP contribution in [-0.4, -0.2) is 45.1 Å². The molecule has 1 rings (SSSR count). The first-order valence-corrected chi connectivity index (χ1v) is 6.63. The van der Waals surface area contributed by atoms with Crippen molar-refractivity contribution < 1.29 is 14.2 Å². The number of rotatable bonds is 10. The van der Waals surface area contributed by atoms with Crippen LogP contribution in [0.25, 0.3) is 0 Å². The number of nitrogens with one attached hydrogen (secondary N) is 1. The Labute approximate surface area is 115 Å². The average Bonchev–Trinajstić information content (AvgIpc) is 2.42. The molecule has 0 fully saturated rings. The van der Waals surface area contributed by atoms with Crippen LogP contribution in [0.15, 0.2) is 12.3 Å². The van der Waals surface area contributed by atoms with Crippen molar-refractivity contribution in [3.8, 4) is 5.75 Å². The lowest BCUT2D eigenvalue weighted by Gasteiger charge is -2.12. The number of ether oxygens (including phenoxy) is 3. The minimum atomic E-state index is 0.534.